The first-order valence-electron chi connectivity index (χ1n) is 6.58. The Kier molecular flexibility index (Phi) is 2.14. The molecule has 1 heterocycles. The summed E-state index contributed by atoms with van der Waals surface area (Å²) in [6.07, 6.45) is 0. The van der Waals surface area contributed by atoms with Gasteiger partial charge in [0.15, 0.2) is 0 Å². The van der Waals surface area contributed by atoms with Gasteiger partial charge in [0.2, 0.25) is 17.1 Å². The molecule has 0 saturated heterocycles. The lowest BCUT2D eigenvalue weighted by molar-refractivity contribution is -0.101. The summed E-state index contributed by atoms with van der Waals surface area (Å²) in [5, 5.41) is 24.8. The van der Waals surface area contributed by atoms with Crippen molar-refractivity contribution in [3.63, 3.8) is 0 Å². The van der Waals surface area contributed by atoms with E-state index >= 15 is 0 Å². The van der Waals surface area contributed by atoms with Crippen molar-refractivity contribution in [2.75, 3.05) is 12.4 Å². The van der Waals surface area contributed by atoms with Gasteiger partial charge in [0.25, 0.3) is 0 Å². The third kappa shape index (κ3) is 1.21. The van der Waals surface area contributed by atoms with Crippen LogP contribution in [0.3, 0.4) is 0 Å². The summed E-state index contributed by atoms with van der Waals surface area (Å²) < 4.78 is 5.14. The number of aliphatic hydroxyl groups is 2. The van der Waals surface area contributed by atoms with Crippen molar-refractivity contribution < 1.29 is 19.7 Å². The zero-order valence-electron chi connectivity index (χ0n) is 11.3. The van der Waals surface area contributed by atoms with Crippen LogP contribution in [-0.2, 0) is 11.3 Å². The van der Waals surface area contributed by atoms with Gasteiger partial charge in [0, 0.05) is 28.4 Å². The number of fused-ring (bicyclic) bond motifs is 5. The maximum Gasteiger partial charge on any atom is 0.207 e. The first-order valence-corrected chi connectivity index (χ1v) is 6.58. The molecule has 0 bridgehead atoms. The van der Waals surface area contributed by atoms with Crippen LogP contribution in [-0.4, -0.2) is 23.1 Å². The number of benzene rings is 2. The van der Waals surface area contributed by atoms with Crippen LogP contribution in [0.5, 0.6) is 5.75 Å². The second-order valence-electron chi connectivity index (χ2n) is 5.33. The van der Waals surface area contributed by atoms with Gasteiger partial charge in [0.1, 0.15) is 5.75 Å². The van der Waals surface area contributed by atoms with Crippen LogP contribution >= 0.6 is 0 Å². The first-order chi connectivity index (χ1) is 10.0. The summed E-state index contributed by atoms with van der Waals surface area (Å²) in [5.41, 5.74) is -2.31. The number of hydrogen-bond acceptors (Lipinski definition) is 5. The highest BCUT2D eigenvalue weighted by molar-refractivity contribution is 6.11. The average molecular weight is 283 g/mol. The smallest absolute Gasteiger partial charge is 0.207 e. The predicted molar refractivity (Wildman–Crippen MR) is 75.2 cm³/mol. The topological polar surface area (TPSA) is 78.8 Å². The second-order valence-corrected chi connectivity index (χ2v) is 5.33. The number of carbonyl (C=O) groups is 1. The fourth-order valence-corrected chi connectivity index (χ4v) is 3.29. The van der Waals surface area contributed by atoms with Crippen LogP contribution < -0.4 is 10.1 Å². The molecule has 0 saturated carbocycles. The van der Waals surface area contributed by atoms with E-state index in [0.717, 1.165) is 0 Å². The van der Waals surface area contributed by atoms with Gasteiger partial charge in [-0.05, 0) is 12.1 Å². The molecule has 2 atom stereocenters. The van der Waals surface area contributed by atoms with Gasteiger partial charge in [-0.3, -0.25) is 4.79 Å². The summed E-state index contributed by atoms with van der Waals surface area (Å²) in [5.74, 6) is 0.0752. The van der Waals surface area contributed by atoms with E-state index in [2.05, 4.69) is 5.32 Å². The third-order valence-corrected chi connectivity index (χ3v) is 4.35. The number of ketones is 1. The number of rotatable bonds is 1. The molecule has 2 aliphatic rings. The summed E-state index contributed by atoms with van der Waals surface area (Å²) >= 11 is 0. The highest BCUT2D eigenvalue weighted by Crippen LogP contribution is 2.56. The molecule has 106 valence electrons. The van der Waals surface area contributed by atoms with E-state index in [4.69, 9.17) is 4.74 Å². The molecule has 0 aromatic heterocycles. The Hall–Kier alpha value is -2.37. The fourth-order valence-electron chi connectivity index (χ4n) is 3.29. The Morgan fingerprint density at radius 3 is 2.62 bits per heavy atom. The van der Waals surface area contributed by atoms with Gasteiger partial charge in [-0.1, -0.05) is 24.3 Å². The van der Waals surface area contributed by atoms with Crippen LogP contribution in [0.1, 0.15) is 21.5 Å². The van der Waals surface area contributed by atoms with E-state index < -0.39 is 17.1 Å². The molecule has 0 fully saturated rings. The summed E-state index contributed by atoms with van der Waals surface area (Å²) in [4.78, 5) is 12.6. The summed E-state index contributed by atoms with van der Waals surface area (Å²) in [7, 11) is 1.53. The van der Waals surface area contributed by atoms with Crippen LogP contribution in [0, 0.1) is 0 Å². The highest BCUT2D eigenvalue weighted by Gasteiger charge is 2.67. The van der Waals surface area contributed by atoms with Crippen LogP contribution in [0.25, 0.3) is 0 Å². The quantitative estimate of drug-likeness (QED) is 0.736. The van der Waals surface area contributed by atoms with Gasteiger partial charge in [-0.2, -0.15) is 0 Å². The van der Waals surface area contributed by atoms with Gasteiger partial charge in [-0.25, -0.2) is 0 Å². The molecule has 0 amide bonds. The maximum absolute atomic E-state index is 12.6. The summed E-state index contributed by atoms with van der Waals surface area (Å²) in [6, 6.07) is 11.6. The minimum atomic E-state index is -2.02. The minimum absolute atomic E-state index is 0.330. The molecule has 1 aliphatic heterocycles. The Morgan fingerprint density at radius 1 is 1.10 bits per heavy atom. The molecule has 4 rings (SSSR count). The van der Waals surface area contributed by atoms with Crippen molar-refractivity contribution in [2.45, 2.75) is 11.3 Å². The van der Waals surface area contributed by atoms with Crippen molar-refractivity contribution in [1.29, 1.82) is 0 Å². The normalized spacial score (nSPS) is 28.6. The van der Waals surface area contributed by atoms with E-state index in [1.165, 1.54) is 7.11 Å². The molecule has 1 aliphatic carbocycles. The number of carbonyl (C=O) groups excluding carboxylic acids is 1. The monoisotopic (exact) mass is 283 g/mol. The van der Waals surface area contributed by atoms with E-state index in [9.17, 15) is 15.0 Å². The summed E-state index contributed by atoms with van der Waals surface area (Å²) in [6.45, 7) is 0. The molecule has 21 heavy (non-hydrogen) atoms. The lowest BCUT2D eigenvalue weighted by Gasteiger charge is -2.30. The third-order valence-electron chi connectivity index (χ3n) is 4.35. The fraction of sp³-hybridized carbons (Fsp3) is 0.188. The van der Waals surface area contributed by atoms with Crippen molar-refractivity contribution in [3.05, 3.63) is 59.2 Å². The molecule has 0 spiro atoms. The standard InChI is InChI=1S/C16H13NO4/c1-21-9-6-7-12-13(8-9)17-16(20)11-5-3-2-4-10(11)14(18)15(12,16)19/h2-8,17,19-20H,1H3/t15-,16+/m1/s1. The largest absolute Gasteiger partial charge is 0.497 e. The Balaban J connectivity index is 2.00. The molecule has 3 N–H and O–H groups in total. The van der Waals surface area contributed by atoms with Gasteiger partial charge < -0.3 is 20.3 Å². The number of hydrogen-bond donors (Lipinski definition) is 3. The van der Waals surface area contributed by atoms with Gasteiger partial charge in [0.05, 0.1) is 7.11 Å². The molecule has 5 heteroatoms. The van der Waals surface area contributed by atoms with Crippen LogP contribution in [0.2, 0.25) is 0 Å². The Labute approximate surface area is 120 Å². The number of ether oxygens (including phenoxy) is 1. The van der Waals surface area contributed by atoms with Gasteiger partial charge >= 0.3 is 0 Å². The molecular weight excluding hydrogens is 270 g/mol. The highest BCUT2D eigenvalue weighted by atomic mass is 16.5. The number of anilines is 1. The lowest BCUT2D eigenvalue weighted by Crippen LogP contribution is -2.49. The SMILES string of the molecule is COc1ccc2c(c1)N[C@]1(O)c3ccccc3C(=O)[C@]21O. The molecule has 0 unspecified atom stereocenters. The van der Waals surface area contributed by atoms with Crippen molar-refractivity contribution >= 4 is 11.5 Å². The number of Topliss-reactive ketones (excluding diaryl/α,β-unsaturated/α-hetero) is 1. The van der Waals surface area contributed by atoms with Gasteiger partial charge in [-0.15, -0.1) is 0 Å². The number of methoxy groups -OCH3 is 1. The maximum atomic E-state index is 12.6. The molecular formula is C16H13NO4. The molecule has 0 radical (unpaired) electrons. The minimum Gasteiger partial charge on any atom is -0.497 e. The van der Waals surface area contributed by atoms with Crippen molar-refractivity contribution in [2.24, 2.45) is 0 Å². The van der Waals surface area contributed by atoms with E-state index in [-0.39, 0.29) is 0 Å². The zero-order valence-corrected chi connectivity index (χ0v) is 11.3. The molecule has 2 aromatic rings. The first kappa shape index (κ1) is 12.4. The average Bonchev–Trinajstić information content (AvgIpc) is 2.84. The molecule has 2 aromatic carbocycles. The van der Waals surface area contributed by atoms with Crippen LogP contribution in [0.4, 0.5) is 5.69 Å². The van der Waals surface area contributed by atoms with E-state index in [1.54, 1.807) is 42.5 Å². The van der Waals surface area contributed by atoms with Crippen molar-refractivity contribution in [1.82, 2.24) is 0 Å². The zero-order chi connectivity index (χ0) is 14.8. The molecule has 5 nitrogen and oxygen atoms in total. The second kappa shape index (κ2) is 3.63. The van der Waals surface area contributed by atoms with E-state index in [0.29, 0.717) is 28.1 Å². The van der Waals surface area contributed by atoms with Crippen molar-refractivity contribution in [3.8, 4) is 5.75 Å². The Morgan fingerprint density at radius 2 is 1.86 bits per heavy atom. The lowest BCUT2D eigenvalue weighted by atomic mass is 9.86. The number of nitrogens with one attached hydrogen (secondary N) is 1. The predicted octanol–water partition coefficient (Wildman–Crippen LogP) is 1.35. The van der Waals surface area contributed by atoms with E-state index in [1.807, 2.05) is 0 Å². The van der Waals surface area contributed by atoms with Crippen LogP contribution in [0.15, 0.2) is 42.5 Å². The Bertz CT molecular complexity index is 788.